The number of alkyl halides is 5. The summed E-state index contributed by atoms with van der Waals surface area (Å²) < 4.78 is 69.3. The molecule has 1 aliphatic rings. The van der Waals surface area contributed by atoms with Crippen molar-refractivity contribution in [3.8, 4) is 11.5 Å². The van der Waals surface area contributed by atoms with Crippen molar-refractivity contribution < 1.29 is 31.4 Å². The van der Waals surface area contributed by atoms with Crippen LogP contribution in [0.5, 0.6) is 11.5 Å². The molecule has 0 atom stereocenters. The lowest BCUT2D eigenvalue weighted by molar-refractivity contribution is -0.286. The Balaban J connectivity index is 1.97. The molecule has 0 aliphatic carbocycles. The summed E-state index contributed by atoms with van der Waals surface area (Å²) in [5.41, 5.74) is 0.249. The highest BCUT2D eigenvalue weighted by atomic mass is 19.4. The van der Waals surface area contributed by atoms with Crippen LogP contribution in [0.4, 0.5) is 27.6 Å². The van der Waals surface area contributed by atoms with E-state index < -0.39 is 18.9 Å². The van der Waals surface area contributed by atoms with E-state index >= 15 is 0 Å². The first-order valence-corrected chi connectivity index (χ1v) is 4.96. The maximum Gasteiger partial charge on any atom is 0.586 e. The molecule has 0 aromatic heterocycles. The largest absolute Gasteiger partial charge is 0.586 e. The van der Waals surface area contributed by atoms with Crippen LogP contribution >= 0.6 is 0 Å². The van der Waals surface area contributed by atoms with Crippen molar-refractivity contribution >= 4 is 5.69 Å². The molecule has 2 rings (SSSR count). The minimum atomic E-state index is -4.27. The molecule has 1 N–H and O–H groups in total. The Morgan fingerprint density at radius 2 is 1.78 bits per heavy atom. The van der Waals surface area contributed by atoms with Gasteiger partial charge in [0.05, 0.1) is 6.42 Å². The first-order chi connectivity index (χ1) is 8.25. The summed E-state index contributed by atoms with van der Waals surface area (Å²) in [5, 5.41) is 2.46. The maximum absolute atomic E-state index is 12.7. The molecule has 0 fully saturated rings. The monoisotopic (exact) mass is 269 g/mol. The average Bonchev–Trinajstić information content (AvgIpc) is 2.49. The Bertz CT molecular complexity index is 446. The number of rotatable bonds is 3. The number of benzene rings is 1. The molecular weight excluding hydrogens is 261 g/mol. The third kappa shape index (κ3) is 3.14. The zero-order valence-electron chi connectivity index (χ0n) is 8.85. The smallest absolute Gasteiger partial charge is 0.395 e. The lowest BCUT2D eigenvalue weighted by atomic mass is 10.2. The first kappa shape index (κ1) is 12.7. The average molecular weight is 269 g/mol. The molecule has 1 heterocycles. The zero-order valence-corrected chi connectivity index (χ0v) is 8.85. The summed E-state index contributed by atoms with van der Waals surface area (Å²) >= 11 is 0. The lowest BCUT2D eigenvalue weighted by Gasteiger charge is -2.09. The Morgan fingerprint density at radius 3 is 2.44 bits per heavy atom. The number of ether oxygens (including phenoxy) is 2. The molecule has 1 aliphatic heterocycles. The number of fused-ring (bicyclic) bond motifs is 1. The van der Waals surface area contributed by atoms with Crippen molar-refractivity contribution in [1.82, 2.24) is 0 Å². The summed E-state index contributed by atoms with van der Waals surface area (Å²) in [6.07, 6.45) is -9.01. The molecule has 0 amide bonds. The summed E-state index contributed by atoms with van der Waals surface area (Å²) in [6.45, 7) is -0.348. The second-order valence-corrected chi connectivity index (χ2v) is 3.62. The van der Waals surface area contributed by atoms with Crippen LogP contribution < -0.4 is 14.8 Å². The highest BCUT2D eigenvalue weighted by Gasteiger charge is 2.43. The Kier molecular flexibility index (Phi) is 2.95. The topological polar surface area (TPSA) is 30.5 Å². The minimum Gasteiger partial charge on any atom is -0.395 e. The van der Waals surface area contributed by atoms with Gasteiger partial charge in [-0.05, 0) is 12.1 Å². The van der Waals surface area contributed by atoms with E-state index in [1.165, 1.54) is 12.1 Å². The second kappa shape index (κ2) is 4.18. The number of hydrogen-bond acceptors (Lipinski definition) is 3. The van der Waals surface area contributed by atoms with Crippen LogP contribution in [0.3, 0.4) is 0 Å². The van der Waals surface area contributed by atoms with Crippen LogP contribution in [-0.4, -0.2) is 19.0 Å². The maximum atomic E-state index is 12.7. The third-order valence-electron chi connectivity index (χ3n) is 2.14. The molecule has 0 spiro atoms. The van der Waals surface area contributed by atoms with E-state index in [4.69, 9.17) is 0 Å². The van der Waals surface area contributed by atoms with E-state index in [0.717, 1.165) is 6.07 Å². The van der Waals surface area contributed by atoms with E-state index in [0.29, 0.717) is 0 Å². The number of halogens is 5. The molecule has 0 unspecified atom stereocenters. The number of hydrogen-bond donors (Lipinski definition) is 1. The molecular formula is C10H8F5NO2. The van der Waals surface area contributed by atoms with E-state index in [1.807, 2.05) is 0 Å². The van der Waals surface area contributed by atoms with Gasteiger partial charge in [0.2, 0.25) is 0 Å². The van der Waals surface area contributed by atoms with Gasteiger partial charge < -0.3 is 14.8 Å². The van der Waals surface area contributed by atoms with Gasteiger partial charge in [-0.1, -0.05) is 0 Å². The third-order valence-corrected chi connectivity index (χ3v) is 2.14. The zero-order chi connectivity index (χ0) is 13.4. The Labute approximate surface area is 98.5 Å². The predicted octanol–water partition coefficient (Wildman–Crippen LogP) is 3.37. The van der Waals surface area contributed by atoms with Crippen molar-refractivity contribution in [3.63, 3.8) is 0 Å². The van der Waals surface area contributed by atoms with Crippen LogP contribution in [-0.2, 0) is 0 Å². The molecule has 0 radical (unpaired) electrons. The Hall–Kier alpha value is -1.73. The van der Waals surface area contributed by atoms with Crippen LogP contribution in [0, 0.1) is 0 Å². The SMILES string of the molecule is FC(F)(F)CCNc1ccc2c(c1)OC(F)(F)O2. The molecule has 1 aromatic rings. The van der Waals surface area contributed by atoms with Crippen LogP contribution in [0.15, 0.2) is 18.2 Å². The van der Waals surface area contributed by atoms with E-state index in [1.54, 1.807) is 0 Å². The quantitative estimate of drug-likeness (QED) is 0.853. The number of anilines is 1. The van der Waals surface area contributed by atoms with Gasteiger partial charge in [-0.25, -0.2) is 0 Å². The summed E-state index contributed by atoms with van der Waals surface area (Å²) in [5.74, 6) is -0.363. The van der Waals surface area contributed by atoms with Crippen molar-refractivity contribution in [3.05, 3.63) is 18.2 Å². The van der Waals surface area contributed by atoms with Gasteiger partial charge in [-0.2, -0.15) is 13.2 Å². The molecule has 0 saturated carbocycles. The molecule has 18 heavy (non-hydrogen) atoms. The van der Waals surface area contributed by atoms with Crippen LogP contribution in [0.1, 0.15) is 6.42 Å². The standard InChI is InChI=1S/C10H8F5NO2/c11-9(12,13)3-4-16-6-1-2-7-8(5-6)18-10(14,15)17-7/h1-2,5,16H,3-4H2. The lowest BCUT2D eigenvalue weighted by Crippen LogP contribution is -2.25. The minimum absolute atomic E-state index is 0.152. The van der Waals surface area contributed by atoms with Gasteiger partial charge in [0.1, 0.15) is 0 Å². The highest BCUT2D eigenvalue weighted by Crippen LogP contribution is 2.42. The van der Waals surface area contributed by atoms with Gasteiger partial charge in [0.25, 0.3) is 0 Å². The van der Waals surface area contributed by atoms with Gasteiger partial charge in [-0.15, -0.1) is 8.78 Å². The summed E-state index contributed by atoms with van der Waals surface area (Å²) in [7, 11) is 0. The fourth-order valence-electron chi connectivity index (χ4n) is 1.41. The van der Waals surface area contributed by atoms with Gasteiger partial charge in [-0.3, -0.25) is 0 Å². The normalized spacial score (nSPS) is 16.7. The van der Waals surface area contributed by atoms with Gasteiger partial charge in [0, 0.05) is 18.3 Å². The molecule has 0 bridgehead atoms. The van der Waals surface area contributed by atoms with Crippen molar-refractivity contribution in [1.29, 1.82) is 0 Å². The van der Waals surface area contributed by atoms with E-state index in [9.17, 15) is 22.0 Å². The fraction of sp³-hybridized carbons (Fsp3) is 0.400. The van der Waals surface area contributed by atoms with Gasteiger partial charge >= 0.3 is 12.5 Å². The number of nitrogens with one attached hydrogen (secondary N) is 1. The van der Waals surface area contributed by atoms with E-state index in [2.05, 4.69) is 14.8 Å². The molecule has 0 saturated heterocycles. The highest BCUT2D eigenvalue weighted by molar-refractivity contribution is 5.55. The van der Waals surface area contributed by atoms with E-state index in [-0.39, 0.29) is 23.7 Å². The van der Waals surface area contributed by atoms with Crippen molar-refractivity contribution in [2.45, 2.75) is 18.9 Å². The van der Waals surface area contributed by atoms with Gasteiger partial charge in [0.15, 0.2) is 11.5 Å². The predicted molar refractivity (Wildman–Crippen MR) is 51.8 cm³/mol. The van der Waals surface area contributed by atoms with Crippen LogP contribution in [0.25, 0.3) is 0 Å². The molecule has 100 valence electrons. The summed E-state index contributed by atoms with van der Waals surface area (Å²) in [4.78, 5) is 0. The van der Waals surface area contributed by atoms with Crippen molar-refractivity contribution in [2.24, 2.45) is 0 Å². The molecule has 3 nitrogen and oxygen atoms in total. The van der Waals surface area contributed by atoms with Crippen molar-refractivity contribution in [2.75, 3.05) is 11.9 Å². The summed E-state index contributed by atoms with van der Waals surface area (Å²) in [6, 6.07) is 3.69. The second-order valence-electron chi connectivity index (χ2n) is 3.62. The molecule has 1 aromatic carbocycles. The molecule has 8 heteroatoms. The first-order valence-electron chi connectivity index (χ1n) is 4.96. The Morgan fingerprint density at radius 1 is 1.11 bits per heavy atom. The van der Waals surface area contributed by atoms with Crippen LogP contribution in [0.2, 0.25) is 0 Å². The fourth-order valence-corrected chi connectivity index (χ4v) is 1.41.